The Labute approximate surface area is 124 Å². The number of methoxy groups -OCH3 is 1. The van der Waals surface area contributed by atoms with E-state index in [0.717, 1.165) is 11.1 Å². The highest BCUT2D eigenvalue weighted by atomic mass is 16.7. The number of benzene rings is 1. The van der Waals surface area contributed by atoms with Gasteiger partial charge in [-0.2, -0.15) is 0 Å². The summed E-state index contributed by atoms with van der Waals surface area (Å²) >= 11 is 0. The summed E-state index contributed by atoms with van der Waals surface area (Å²) in [5.41, 5.74) is 1.80. The molecule has 0 heterocycles. The maximum Gasteiger partial charge on any atom is 0.307 e. The minimum Gasteiger partial charge on any atom is -0.481 e. The molecule has 0 fully saturated rings. The van der Waals surface area contributed by atoms with Gasteiger partial charge in [-0.3, -0.25) is 4.79 Å². The molecule has 0 aliphatic rings. The van der Waals surface area contributed by atoms with Crippen molar-refractivity contribution in [2.45, 2.75) is 13.0 Å². The average molecular weight is 292 g/mol. The van der Waals surface area contributed by atoms with Gasteiger partial charge in [-0.25, -0.2) is 0 Å². The SMILES string of the molecule is COCO/C=C/C(=C/CC(=O)O)COCc1ccccc1. The molecule has 1 aromatic carbocycles. The second kappa shape index (κ2) is 10.7. The monoisotopic (exact) mass is 292 g/mol. The molecule has 0 spiro atoms. The van der Waals surface area contributed by atoms with Crippen molar-refractivity contribution in [2.24, 2.45) is 0 Å². The van der Waals surface area contributed by atoms with Gasteiger partial charge in [0.15, 0.2) is 6.79 Å². The molecule has 0 saturated heterocycles. The Morgan fingerprint density at radius 3 is 2.71 bits per heavy atom. The van der Waals surface area contributed by atoms with Gasteiger partial charge in [-0.05, 0) is 17.2 Å². The molecule has 1 rings (SSSR count). The fraction of sp³-hybridized carbons (Fsp3) is 0.312. The lowest BCUT2D eigenvalue weighted by molar-refractivity contribution is -0.136. The van der Waals surface area contributed by atoms with Crippen molar-refractivity contribution in [1.29, 1.82) is 0 Å². The van der Waals surface area contributed by atoms with Gasteiger partial charge < -0.3 is 19.3 Å². The summed E-state index contributed by atoms with van der Waals surface area (Å²) in [5, 5.41) is 8.71. The van der Waals surface area contributed by atoms with E-state index >= 15 is 0 Å². The zero-order valence-electron chi connectivity index (χ0n) is 12.0. The molecule has 0 radical (unpaired) electrons. The molecule has 1 aromatic rings. The summed E-state index contributed by atoms with van der Waals surface area (Å²) in [6.45, 7) is 0.931. The Bertz CT molecular complexity index is 465. The maximum absolute atomic E-state index is 10.6. The molecule has 5 nitrogen and oxygen atoms in total. The highest BCUT2D eigenvalue weighted by Crippen LogP contribution is 2.05. The molecule has 114 valence electrons. The zero-order valence-corrected chi connectivity index (χ0v) is 12.0. The number of hydrogen-bond acceptors (Lipinski definition) is 4. The third-order valence-electron chi connectivity index (χ3n) is 2.48. The average Bonchev–Trinajstić information content (AvgIpc) is 2.49. The van der Waals surface area contributed by atoms with Gasteiger partial charge in [0.2, 0.25) is 0 Å². The van der Waals surface area contributed by atoms with Crippen LogP contribution in [0.25, 0.3) is 0 Å². The van der Waals surface area contributed by atoms with Gasteiger partial charge in [-0.1, -0.05) is 36.4 Å². The Morgan fingerprint density at radius 1 is 1.29 bits per heavy atom. The van der Waals surface area contributed by atoms with Crippen molar-refractivity contribution >= 4 is 5.97 Å². The van der Waals surface area contributed by atoms with Gasteiger partial charge in [0.1, 0.15) is 0 Å². The molecule has 0 aliphatic carbocycles. The number of aliphatic carboxylic acids is 1. The fourth-order valence-corrected chi connectivity index (χ4v) is 1.50. The standard InChI is InChI=1S/C16H20O5/c1-19-13-20-10-9-15(7-8-16(17)18)12-21-11-14-5-3-2-4-6-14/h2-7,9-10H,8,11-13H2,1H3,(H,17,18)/b10-9+,15-7-. The normalized spacial score (nSPS) is 11.8. The van der Waals surface area contributed by atoms with Crippen LogP contribution in [0.5, 0.6) is 0 Å². The third-order valence-corrected chi connectivity index (χ3v) is 2.48. The van der Waals surface area contributed by atoms with Crippen LogP contribution in [0, 0.1) is 0 Å². The lowest BCUT2D eigenvalue weighted by atomic mass is 10.2. The molecule has 21 heavy (non-hydrogen) atoms. The van der Waals surface area contributed by atoms with Gasteiger partial charge >= 0.3 is 5.97 Å². The van der Waals surface area contributed by atoms with Crippen molar-refractivity contribution < 1.29 is 24.1 Å². The largest absolute Gasteiger partial charge is 0.481 e. The Kier molecular flexibility index (Phi) is 8.59. The molecule has 0 amide bonds. The molecule has 0 unspecified atom stereocenters. The minimum absolute atomic E-state index is 0.0569. The summed E-state index contributed by atoms with van der Waals surface area (Å²) in [6, 6.07) is 9.77. The first kappa shape index (κ1) is 16.9. The minimum atomic E-state index is -0.887. The predicted octanol–water partition coefficient (Wildman–Crippen LogP) is 2.74. The highest BCUT2D eigenvalue weighted by Gasteiger charge is 1.98. The van der Waals surface area contributed by atoms with Gasteiger partial charge in [-0.15, -0.1) is 0 Å². The van der Waals surface area contributed by atoms with E-state index in [1.807, 2.05) is 30.3 Å². The van der Waals surface area contributed by atoms with Crippen molar-refractivity contribution in [3.8, 4) is 0 Å². The number of carboxylic acids is 1. The summed E-state index contributed by atoms with van der Waals surface area (Å²) < 4.78 is 15.4. The van der Waals surface area contributed by atoms with Crippen LogP contribution in [0.4, 0.5) is 0 Å². The predicted molar refractivity (Wildman–Crippen MR) is 78.5 cm³/mol. The first-order chi connectivity index (χ1) is 10.2. The summed E-state index contributed by atoms with van der Waals surface area (Å²) in [4.78, 5) is 10.6. The lowest BCUT2D eigenvalue weighted by Crippen LogP contribution is -2.00. The van der Waals surface area contributed by atoms with E-state index in [1.165, 1.54) is 13.4 Å². The van der Waals surface area contributed by atoms with Crippen LogP contribution >= 0.6 is 0 Å². The van der Waals surface area contributed by atoms with Crippen molar-refractivity contribution in [3.05, 3.63) is 59.9 Å². The molecular weight excluding hydrogens is 272 g/mol. The summed E-state index contributed by atoms with van der Waals surface area (Å²) in [7, 11) is 1.53. The second-order valence-corrected chi connectivity index (χ2v) is 4.23. The zero-order chi connectivity index (χ0) is 15.3. The first-order valence-electron chi connectivity index (χ1n) is 6.52. The van der Waals surface area contributed by atoms with E-state index in [2.05, 4.69) is 0 Å². The fourth-order valence-electron chi connectivity index (χ4n) is 1.50. The van der Waals surface area contributed by atoms with Gasteiger partial charge in [0.25, 0.3) is 0 Å². The Balaban J connectivity index is 2.46. The summed E-state index contributed by atoms with van der Waals surface area (Å²) in [5.74, 6) is -0.887. The smallest absolute Gasteiger partial charge is 0.307 e. The van der Waals surface area contributed by atoms with Crippen LogP contribution in [0.2, 0.25) is 0 Å². The van der Waals surface area contributed by atoms with E-state index in [0.29, 0.717) is 13.2 Å². The highest BCUT2D eigenvalue weighted by molar-refractivity contribution is 5.68. The van der Waals surface area contributed by atoms with Crippen LogP contribution < -0.4 is 0 Å². The van der Waals surface area contributed by atoms with Crippen molar-refractivity contribution in [2.75, 3.05) is 20.5 Å². The van der Waals surface area contributed by atoms with E-state index in [-0.39, 0.29) is 13.2 Å². The maximum atomic E-state index is 10.6. The topological polar surface area (TPSA) is 65.0 Å². The van der Waals surface area contributed by atoms with E-state index in [4.69, 9.17) is 19.3 Å². The van der Waals surface area contributed by atoms with E-state index in [9.17, 15) is 4.79 Å². The number of carboxylic acid groups (broad SMARTS) is 1. The van der Waals surface area contributed by atoms with Gasteiger partial charge in [0.05, 0.1) is 25.9 Å². The number of rotatable bonds is 10. The van der Waals surface area contributed by atoms with Crippen LogP contribution in [0.1, 0.15) is 12.0 Å². The lowest BCUT2D eigenvalue weighted by Gasteiger charge is -2.06. The van der Waals surface area contributed by atoms with E-state index in [1.54, 1.807) is 12.2 Å². The third kappa shape index (κ3) is 8.62. The number of hydrogen-bond donors (Lipinski definition) is 1. The number of carbonyl (C=O) groups is 1. The quantitative estimate of drug-likeness (QED) is 0.311. The molecule has 1 N–H and O–H groups in total. The molecule has 0 aliphatic heterocycles. The molecule has 0 saturated carbocycles. The summed E-state index contributed by atoms with van der Waals surface area (Å²) in [6.07, 6.45) is 4.68. The van der Waals surface area contributed by atoms with Crippen molar-refractivity contribution in [3.63, 3.8) is 0 Å². The molecule has 0 atom stereocenters. The van der Waals surface area contributed by atoms with E-state index < -0.39 is 5.97 Å². The van der Waals surface area contributed by atoms with Crippen LogP contribution in [0.3, 0.4) is 0 Å². The molecular formula is C16H20O5. The first-order valence-corrected chi connectivity index (χ1v) is 6.52. The molecule has 0 bridgehead atoms. The molecule has 5 heteroatoms. The van der Waals surface area contributed by atoms with Gasteiger partial charge in [0, 0.05) is 7.11 Å². The van der Waals surface area contributed by atoms with Crippen LogP contribution in [0.15, 0.2) is 54.3 Å². The second-order valence-electron chi connectivity index (χ2n) is 4.23. The Morgan fingerprint density at radius 2 is 2.05 bits per heavy atom. The van der Waals surface area contributed by atoms with Crippen LogP contribution in [-0.4, -0.2) is 31.6 Å². The van der Waals surface area contributed by atoms with Crippen molar-refractivity contribution in [1.82, 2.24) is 0 Å². The Hall–Kier alpha value is -2.11. The molecule has 0 aromatic heterocycles. The van der Waals surface area contributed by atoms with Crippen LogP contribution in [-0.2, 0) is 25.6 Å². The number of ether oxygens (including phenoxy) is 3.